The lowest BCUT2D eigenvalue weighted by molar-refractivity contribution is 0.262. The topological polar surface area (TPSA) is 111 Å². The Morgan fingerprint density at radius 3 is 2.54 bits per heavy atom. The Labute approximate surface area is 161 Å². The highest BCUT2D eigenvalue weighted by molar-refractivity contribution is 8.19. The molecular formula is C16H16Cl2N2O5S. The molecule has 0 fully saturated rings. The van der Waals surface area contributed by atoms with Crippen molar-refractivity contribution in [2.45, 2.75) is 17.7 Å². The van der Waals surface area contributed by atoms with Crippen LogP contribution >= 0.6 is 34.1 Å². The molecule has 140 valence electrons. The highest BCUT2D eigenvalue weighted by Gasteiger charge is 2.30. The quantitative estimate of drug-likeness (QED) is 0.448. The zero-order valence-electron chi connectivity index (χ0n) is 13.3. The van der Waals surface area contributed by atoms with Crippen LogP contribution in [0.3, 0.4) is 0 Å². The molecule has 26 heavy (non-hydrogen) atoms. The number of amides is 2. The van der Waals surface area contributed by atoms with E-state index in [-0.39, 0.29) is 32.1 Å². The van der Waals surface area contributed by atoms with Crippen LogP contribution < -0.4 is 15.4 Å². The fraction of sp³-hybridized carbons (Fsp3) is 0.188. The first-order valence-electron chi connectivity index (χ1n) is 7.58. The third-order valence-electron chi connectivity index (χ3n) is 3.75. The summed E-state index contributed by atoms with van der Waals surface area (Å²) in [6.07, 6.45) is 1.44. The van der Waals surface area contributed by atoms with Crippen molar-refractivity contribution < 1.29 is 23.2 Å². The lowest BCUT2D eigenvalue weighted by Crippen LogP contribution is -2.22. The smallest absolute Gasteiger partial charge is 0.323 e. The van der Waals surface area contributed by atoms with Gasteiger partial charge in [0.05, 0.1) is 28.0 Å². The minimum absolute atomic E-state index is 0.0174. The Hall–Kier alpha value is -1.68. The van der Waals surface area contributed by atoms with Gasteiger partial charge in [-0.25, -0.2) is 4.79 Å². The monoisotopic (exact) mass is 418 g/mol. The maximum Gasteiger partial charge on any atom is 0.323 e. The molecule has 0 saturated heterocycles. The predicted molar refractivity (Wildman–Crippen MR) is 103 cm³/mol. The van der Waals surface area contributed by atoms with Gasteiger partial charge >= 0.3 is 6.03 Å². The van der Waals surface area contributed by atoms with Crippen molar-refractivity contribution in [1.29, 1.82) is 0 Å². The van der Waals surface area contributed by atoms with Crippen LogP contribution in [0.2, 0.25) is 10.0 Å². The first kappa shape index (κ1) is 19.1. The van der Waals surface area contributed by atoms with Crippen LogP contribution in [0.5, 0.6) is 5.75 Å². The van der Waals surface area contributed by atoms with E-state index in [1.165, 1.54) is 6.07 Å². The zero-order valence-corrected chi connectivity index (χ0v) is 15.7. The summed E-state index contributed by atoms with van der Waals surface area (Å²) in [5.74, 6) is 0.178. The Kier molecular flexibility index (Phi) is 5.52. The largest absolute Gasteiger partial charge is 0.492 e. The van der Waals surface area contributed by atoms with E-state index in [2.05, 4.69) is 10.6 Å². The number of ether oxygens (including phenoxy) is 1. The van der Waals surface area contributed by atoms with Crippen LogP contribution in [-0.2, 0) is 6.42 Å². The SMILES string of the molecule is O=C(Nc1cccc(Cl)c1Cl)Nc1ccc2c(c1S(O)(O)O)OCCC2. The molecule has 10 heteroatoms. The molecule has 1 heterocycles. The molecule has 2 aromatic carbocycles. The average Bonchev–Trinajstić information content (AvgIpc) is 2.57. The standard InChI is InChI=1S/C16H16Cl2N2O5S/c17-10-4-1-5-11(13(10)18)19-16(21)20-12-7-6-9-3-2-8-25-14(9)15(12)26(22,23)24/h1,4-7,22-24H,2-3,8H2,(H2,19,20,21). The third kappa shape index (κ3) is 4.01. The summed E-state index contributed by atoms with van der Waals surface area (Å²) in [6, 6.07) is 7.23. The zero-order chi connectivity index (χ0) is 18.9. The molecule has 2 amide bonds. The number of halogens is 2. The lowest BCUT2D eigenvalue weighted by atomic mass is 10.1. The highest BCUT2D eigenvalue weighted by atomic mass is 35.5. The molecule has 0 spiro atoms. The maximum absolute atomic E-state index is 12.3. The number of carbonyl (C=O) groups is 1. The van der Waals surface area contributed by atoms with E-state index in [9.17, 15) is 18.5 Å². The molecular weight excluding hydrogens is 403 g/mol. The van der Waals surface area contributed by atoms with Crippen LogP contribution in [0.4, 0.5) is 16.2 Å². The van der Waals surface area contributed by atoms with Crippen molar-refractivity contribution in [3.8, 4) is 5.75 Å². The number of urea groups is 1. The van der Waals surface area contributed by atoms with Crippen molar-refractivity contribution in [2.75, 3.05) is 17.2 Å². The van der Waals surface area contributed by atoms with Gasteiger partial charge in [-0.3, -0.25) is 0 Å². The van der Waals surface area contributed by atoms with Crippen LogP contribution in [0, 0.1) is 0 Å². The Morgan fingerprint density at radius 1 is 1.08 bits per heavy atom. The number of rotatable bonds is 3. The molecule has 0 unspecified atom stereocenters. The summed E-state index contributed by atoms with van der Waals surface area (Å²) in [5, 5.41) is 5.43. The summed E-state index contributed by atoms with van der Waals surface area (Å²) in [4.78, 5) is 12.0. The van der Waals surface area contributed by atoms with E-state index in [1.54, 1.807) is 24.3 Å². The van der Waals surface area contributed by atoms with Gasteiger partial charge in [0.2, 0.25) is 0 Å². The molecule has 1 aliphatic heterocycles. The number of carbonyl (C=O) groups excluding carboxylic acids is 1. The van der Waals surface area contributed by atoms with Crippen LogP contribution in [0.1, 0.15) is 12.0 Å². The second kappa shape index (κ2) is 7.51. The first-order chi connectivity index (χ1) is 12.3. The summed E-state index contributed by atoms with van der Waals surface area (Å²) < 4.78 is 34.9. The van der Waals surface area contributed by atoms with Gasteiger partial charge in [0.15, 0.2) is 0 Å². The Morgan fingerprint density at radius 2 is 1.81 bits per heavy atom. The van der Waals surface area contributed by atoms with Crippen molar-refractivity contribution in [2.24, 2.45) is 0 Å². The third-order valence-corrected chi connectivity index (χ3v) is 5.52. The van der Waals surface area contributed by atoms with E-state index >= 15 is 0 Å². The number of hydrogen-bond donors (Lipinski definition) is 5. The van der Waals surface area contributed by atoms with E-state index in [4.69, 9.17) is 27.9 Å². The van der Waals surface area contributed by atoms with Crippen molar-refractivity contribution >= 4 is 51.5 Å². The Balaban J connectivity index is 1.90. The fourth-order valence-corrected chi connectivity index (χ4v) is 3.84. The minimum Gasteiger partial charge on any atom is -0.492 e. The van der Waals surface area contributed by atoms with Gasteiger partial charge in [0, 0.05) is 0 Å². The molecule has 1 aliphatic rings. The summed E-state index contributed by atoms with van der Waals surface area (Å²) in [7, 11) is -4.12. The van der Waals surface area contributed by atoms with Crippen molar-refractivity contribution in [1.82, 2.24) is 0 Å². The number of aryl methyl sites for hydroxylation is 1. The van der Waals surface area contributed by atoms with Crippen LogP contribution in [-0.4, -0.2) is 26.3 Å². The van der Waals surface area contributed by atoms with Crippen molar-refractivity contribution in [3.05, 3.63) is 45.9 Å². The molecule has 3 rings (SSSR count). The van der Waals surface area contributed by atoms with Gasteiger partial charge in [-0.1, -0.05) is 35.3 Å². The Bertz CT molecular complexity index is 857. The molecule has 0 radical (unpaired) electrons. The molecule has 0 saturated carbocycles. The normalized spacial score (nSPS) is 14.2. The highest BCUT2D eigenvalue weighted by Crippen LogP contribution is 2.54. The average molecular weight is 419 g/mol. The number of fused-ring (bicyclic) bond motifs is 1. The van der Waals surface area contributed by atoms with Crippen LogP contribution in [0.25, 0.3) is 0 Å². The van der Waals surface area contributed by atoms with Gasteiger partial charge in [-0.15, -0.1) is 0 Å². The molecule has 5 N–H and O–H groups in total. The number of hydrogen-bond acceptors (Lipinski definition) is 5. The number of benzene rings is 2. The van der Waals surface area contributed by atoms with Crippen molar-refractivity contribution in [3.63, 3.8) is 0 Å². The molecule has 7 nitrogen and oxygen atoms in total. The lowest BCUT2D eigenvalue weighted by Gasteiger charge is -2.29. The fourth-order valence-electron chi connectivity index (χ4n) is 2.64. The number of anilines is 2. The summed E-state index contributed by atoms with van der Waals surface area (Å²) >= 11 is 11.9. The second-order valence-corrected chi connectivity index (χ2v) is 7.81. The molecule has 2 aromatic rings. The van der Waals surface area contributed by atoms with E-state index in [1.807, 2.05) is 0 Å². The molecule has 0 aromatic heterocycles. The molecule has 0 aliphatic carbocycles. The maximum atomic E-state index is 12.3. The van der Waals surface area contributed by atoms with Gasteiger partial charge in [-0.2, -0.15) is 0 Å². The minimum atomic E-state index is -4.12. The predicted octanol–water partition coefficient (Wildman–Crippen LogP) is 5.54. The van der Waals surface area contributed by atoms with Crippen LogP contribution in [0.15, 0.2) is 35.2 Å². The van der Waals surface area contributed by atoms with Gasteiger partial charge in [0.25, 0.3) is 0 Å². The molecule has 0 atom stereocenters. The van der Waals surface area contributed by atoms with E-state index < -0.39 is 16.9 Å². The summed E-state index contributed by atoms with van der Waals surface area (Å²) in [5.41, 5.74) is 1.02. The second-order valence-electron chi connectivity index (χ2n) is 5.58. The van der Waals surface area contributed by atoms with Gasteiger partial charge in [-0.05, 0) is 36.6 Å². The van der Waals surface area contributed by atoms with Gasteiger partial charge in [0.1, 0.15) is 21.5 Å². The van der Waals surface area contributed by atoms with E-state index in [0.717, 1.165) is 12.0 Å². The summed E-state index contributed by atoms with van der Waals surface area (Å²) in [6.45, 7) is 0.378. The number of nitrogens with one attached hydrogen (secondary N) is 2. The van der Waals surface area contributed by atoms with Gasteiger partial charge < -0.3 is 29.0 Å². The first-order valence-corrected chi connectivity index (χ1v) is 9.84. The molecule has 0 bridgehead atoms. The van der Waals surface area contributed by atoms with E-state index in [0.29, 0.717) is 13.0 Å².